The molecular weight excluding hydrogens is 729 g/mol. The Labute approximate surface area is 294 Å². The van der Waals surface area contributed by atoms with E-state index in [4.69, 9.17) is 27.9 Å². The molecule has 3 N–H and O–H groups in total. The lowest BCUT2D eigenvalue weighted by molar-refractivity contribution is -0.125. The highest BCUT2D eigenvalue weighted by molar-refractivity contribution is 6.59. The lowest BCUT2D eigenvalue weighted by Gasteiger charge is -2.50. The molecule has 0 aromatic heterocycles. The molecule has 51 heavy (non-hydrogen) atoms. The molecule has 0 spiro atoms. The van der Waals surface area contributed by atoms with Crippen LogP contribution in [0.1, 0.15) is 24.3 Å². The number of alkyl halides is 2. The number of benzene rings is 3. The fourth-order valence-electron chi connectivity index (χ4n) is 7.93. The molecule has 2 heterocycles. The average Bonchev–Trinajstić information content (AvgIpc) is 3.45. The van der Waals surface area contributed by atoms with Crippen LogP contribution in [-0.4, -0.2) is 62.8 Å². The van der Waals surface area contributed by atoms with E-state index >= 15 is 8.78 Å². The van der Waals surface area contributed by atoms with Crippen LogP contribution in [0.4, 0.5) is 33.3 Å². The molecule has 4 aliphatic rings. The Balaban J connectivity index is 1.43. The smallest absolute Gasteiger partial charge is 0.488 e. The Morgan fingerprint density at radius 3 is 2.10 bits per heavy atom. The second-order valence-electron chi connectivity index (χ2n) is 12.6. The molecule has 6 unspecified atom stereocenters. The van der Waals surface area contributed by atoms with Gasteiger partial charge in [-0.15, -0.1) is 23.2 Å². The fraction of sp³-hybridized carbons (Fsp3) is 0.273. The zero-order chi connectivity index (χ0) is 37.1. The Bertz CT molecular complexity index is 2110. The van der Waals surface area contributed by atoms with Crippen molar-refractivity contribution < 1.29 is 61.0 Å². The van der Waals surface area contributed by atoms with Crippen LogP contribution in [0.15, 0.2) is 54.1 Å². The third kappa shape index (κ3) is 4.49. The minimum Gasteiger partial charge on any atom is -0.504 e. The molecule has 1 saturated carbocycles. The molecule has 6 atom stereocenters. The van der Waals surface area contributed by atoms with Crippen molar-refractivity contribution in [1.82, 2.24) is 0 Å². The van der Waals surface area contributed by atoms with Gasteiger partial charge in [-0.3, -0.25) is 24.1 Å². The number of carbonyl (C=O) groups is 4. The third-order valence-corrected chi connectivity index (χ3v) is 11.6. The molecule has 2 saturated heterocycles. The van der Waals surface area contributed by atoms with Crippen molar-refractivity contribution in [3.05, 3.63) is 88.8 Å². The maximum absolute atomic E-state index is 15.2. The predicted octanol–water partition coefficient (Wildman–Crippen LogP) is 3.54. The van der Waals surface area contributed by atoms with Crippen molar-refractivity contribution >= 4 is 70.8 Å². The molecule has 0 bridgehead atoms. The van der Waals surface area contributed by atoms with Gasteiger partial charge in [-0.05, 0) is 42.4 Å². The number of nitrogens with zero attached hydrogens (tertiary/aromatic N) is 2. The summed E-state index contributed by atoms with van der Waals surface area (Å²) in [5, 5.41) is 30.7. The van der Waals surface area contributed by atoms with Crippen LogP contribution in [0.25, 0.3) is 0 Å². The number of phenolic OH excluding ortho intramolecular Hbond substituents is 1. The molecule has 18 heteroatoms. The summed E-state index contributed by atoms with van der Waals surface area (Å²) >= 11 is 14.2. The number of ether oxygens (including phenoxy) is 1. The molecule has 3 fully saturated rings. The van der Waals surface area contributed by atoms with E-state index < -0.39 is 111 Å². The number of carbonyl (C=O) groups excluding carboxylic acids is 4. The minimum absolute atomic E-state index is 0.0127. The monoisotopic (exact) mass is 750 g/mol. The minimum atomic E-state index is -2.83. The number of fused-ring (bicyclic) bond motifs is 4. The molecule has 2 aliphatic heterocycles. The maximum atomic E-state index is 15.2. The summed E-state index contributed by atoms with van der Waals surface area (Å²) in [7, 11) is -0.741. The van der Waals surface area contributed by atoms with Crippen molar-refractivity contribution in [2.24, 2.45) is 17.8 Å². The number of hydrogen-bond donors (Lipinski definition) is 3. The molecule has 7 rings (SSSR count). The summed E-state index contributed by atoms with van der Waals surface area (Å²) in [5.74, 6) is -23.5. The largest absolute Gasteiger partial charge is 0.504 e. The van der Waals surface area contributed by atoms with Gasteiger partial charge in [0.1, 0.15) is 5.69 Å². The Morgan fingerprint density at radius 1 is 0.843 bits per heavy atom. The number of rotatable bonds is 5. The van der Waals surface area contributed by atoms with Gasteiger partial charge in [-0.25, -0.2) is 26.9 Å². The highest BCUT2D eigenvalue weighted by Crippen LogP contribution is 2.67. The van der Waals surface area contributed by atoms with Crippen LogP contribution in [0.5, 0.6) is 11.5 Å². The molecule has 0 radical (unpaired) electrons. The first kappa shape index (κ1) is 34.9. The van der Waals surface area contributed by atoms with Crippen LogP contribution in [0.2, 0.25) is 0 Å². The van der Waals surface area contributed by atoms with E-state index in [1.165, 1.54) is 55.7 Å². The zero-order valence-electron chi connectivity index (χ0n) is 25.8. The summed E-state index contributed by atoms with van der Waals surface area (Å²) in [4.78, 5) is 51.6. The van der Waals surface area contributed by atoms with Gasteiger partial charge in [0.25, 0.3) is 11.8 Å². The Hall–Kier alpha value is -4.51. The standard InChI is InChI=1S/C33H22BCl2F5N2O8/c1-51-18-7-3-6-16(27(18)44)20-14-8-9-15-19(29(46)42(28(15)45)13-5-2-4-12(10-13)34(49)50)17(14)11-32(35)30(47)43(31(48)33(20,32)36)26-24(40)22(38)21(37)23(39)25(26)41/h2-8,10,15,17,19-20,44,49-50H,9,11H2,1H3. The van der Waals surface area contributed by atoms with Gasteiger partial charge < -0.3 is 19.9 Å². The first-order valence-corrected chi connectivity index (χ1v) is 16.0. The molecule has 4 amide bonds. The Kier molecular flexibility index (Phi) is 8.06. The van der Waals surface area contributed by atoms with E-state index in [0.29, 0.717) is 0 Å². The van der Waals surface area contributed by atoms with Gasteiger partial charge in [0, 0.05) is 11.5 Å². The normalized spacial score (nSPS) is 28.5. The zero-order valence-corrected chi connectivity index (χ0v) is 27.4. The van der Waals surface area contributed by atoms with E-state index in [1.54, 1.807) is 0 Å². The van der Waals surface area contributed by atoms with Gasteiger partial charge in [-0.2, -0.15) is 0 Å². The number of methoxy groups -OCH3 is 1. The number of allylic oxidation sites excluding steroid dienone is 2. The van der Waals surface area contributed by atoms with Crippen molar-refractivity contribution in [3.63, 3.8) is 0 Å². The highest BCUT2D eigenvalue weighted by atomic mass is 35.5. The molecular formula is C33H22BCl2F5N2O8. The second-order valence-corrected chi connectivity index (χ2v) is 13.8. The second kappa shape index (κ2) is 11.8. The molecule has 2 aliphatic carbocycles. The van der Waals surface area contributed by atoms with Crippen molar-refractivity contribution in [2.45, 2.75) is 28.5 Å². The molecule has 10 nitrogen and oxygen atoms in total. The van der Waals surface area contributed by atoms with E-state index in [-0.39, 0.29) is 39.4 Å². The number of amides is 4. The highest BCUT2D eigenvalue weighted by Gasteiger charge is 2.77. The van der Waals surface area contributed by atoms with Gasteiger partial charge in [0.05, 0.1) is 24.6 Å². The van der Waals surface area contributed by atoms with E-state index in [2.05, 4.69) is 0 Å². The number of aromatic hydroxyl groups is 1. The number of imide groups is 2. The van der Waals surface area contributed by atoms with Crippen LogP contribution < -0.4 is 20.0 Å². The number of hydrogen-bond acceptors (Lipinski definition) is 8. The number of anilines is 2. The van der Waals surface area contributed by atoms with Crippen molar-refractivity contribution in [1.29, 1.82) is 0 Å². The SMILES string of the molecule is COc1cccc(C2C3=CCC4C(=O)N(c5cccc(B(O)O)c5)C(=O)C4C3CC3(Cl)C(=O)N(c4c(F)c(F)c(F)c(F)c4F)C(=O)C23Cl)c1O. The van der Waals surface area contributed by atoms with Crippen LogP contribution in [0, 0.1) is 46.8 Å². The van der Waals surface area contributed by atoms with Gasteiger partial charge in [-0.1, -0.05) is 35.9 Å². The van der Waals surface area contributed by atoms with Crippen LogP contribution in [-0.2, 0) is 19.2 Å². The molecule has 3 aromatic rings. The predicted molar refractivity (Wildman–Crippen MR) is 170 cm³/mol. The molecule has 3 aromatic carbocycles. The first-order valence-electron chi connectivity index (χ1n) is 15.2. The van der Waals surface area contributed by atoms with E-state index in [9.17, 15) is 47.5 Å². The van der Waals surface area contributed by atoms with Gasteiger partial charge in [0.2, 0.25) is 17.6 Å². The van der Waals surface area contributed by atoms with Crippen molar-refractivity contribution in [2.75, 3.05) is 16.9 Å². The summed E-state index contributed by atoms with van der Waals surface area (Å²) in [6.45, 7) is 0. The summed E-state index contributed by atoms with van der Waals surface area (Å²) < 4.78 is 78.5. The quantitative estimate of drug-likeness (QED) is 0.0684. The third-order valence-electron chi connectivity index (χ3n) is 10.2. The topological polar surface area (TPSA) is 145 Å². The summed E-state index contributed by atoms with van der Waals surface area (Å²) in [5.41, 5.74) is -2.07. The fourth-order valence-corrected chi connectivity index (χ4v) is 8.85. The summed E-state index contributed by atoms with van der Waals surface area (Å²) in [6, 6.07) is 9.28. The lowest BCUT2D eigenvalue weighted by atomic mass is 9.56. The van der Waals surface area contributed by atoms with Gasteiger partial charge in [0.15, 0.2) is 44.5 Å². The van der Waals surface area contributed by atoms with Gasteiger partial charge >= 0.3 is 7.12 Å². The first-order chi connectivity index (χ1) is 24.0. The average molecular weight is 751 g/mol. The maximum Gasteiger partial charge on any atom is 0.488 e. The number of para-hydroxylation sites is 1. The number of halogens is 7. The lowest BCUT2D eigenvalue weighted by Crippen LogP contribution is -2.60. The van der Waals surface area contributed by atoms with Crippen molar-refractivity contribution in [3.8, 4) is 11.5 Å². The van der Waals surface area contributed by atoms with E-state index in [0.717, 1.165) is 4.90 Å². The Morgan fingerprint density at radius 2 is 1.47 bits per heavy atom. The number of phenols is 1. The molecule has 264 valence electrons. The van der Waals surface area contributed by atoms with E-state index in [1.807, 2.05) is 0 Å². The van der Waals surface area contributed by atoms with Crippen LogP contribution in [0.3, 0.4) is 0 Å². The van der Waals surface area contributed by atoms with Crippen LogP contribution >= 0.6 is 23.2 Å². The summed E-state index contributed by atoms with van der Waals surface area (Å²) in [6.07, 6.45) is 0.579.